The first-order chi connectivity index (χ1) is 21.7. The topological polar surface area (TPSA) is 154 Å². The fourth-order valence-electron chi connectivity index (χ4n) is 5.78. The number of hydrogen-bond donors (Lipinski definition) is 3. The van der Waals surface area contributed by atoms with Crippen molar-refractivity contribution >= 4 is 41.0 Å². The van der Waals surface area contributed by atoms with E-state index in [1.807, 2.05) is 0 Å². The van der Waals surface area contributed by atoms with Gasteiger partial charge in [-0.3, -0.25) is 24.4 Å². The lowest BCUT2D eigenvalue weighted by molar-refractivity contribution is -0.146. The number of aromatic nitrogens is 1. The van der Waals surface area contributed by atoms with Crippen LogP contribution in [0.2, 0.25) is 0 Å². The number of esters is 1. The van der Waals surface area contributed by atoms with Crippen LogP contribution in [0, 0.1) is 24.1 Å². The number of nitrogens with one attached hydrogen (secondary N) is 2. The second-order valence-electron chi connectivity index (χ2n) is 11.9. The number of likely N-dealkylation sites (tertiary alicyclic amines) is 2. The zero-order valence-corrected chi connectivity index (χ0v) is 26.3. The van der Waals surface area contributed by atoms with Gasteiger partial charge in [0.25, 0.3) is 5.92 Å². The predicted octanol–water partition coefficient (Wildman–Crippen LogP) is 3.10. The van der Waals surface area contributed by atoms with Gasteiger partial charge in [-0.2, -0.15) is 0 Å². The van der Waals surface area contributed by atoms with Gasteiger partial charge < -0.3 is 20.5 Å². The van der Waals surface area contributed by atoms with Crippen LogP contribution in [0.15, 0.2) is 46.0 Å². The van der Waals surface area contributed by atoms with Crippen LogP contribution in [-0.4, -0.2) is 94.4 Å². The molecule has 2 fully saturated rings. The Kier molecular flexibility index (Phi) is 8.96. The number of hydrogen-bond acceptors (Lipinski definition) is 10. The number of nitrogens with zero attached hydrogens (tertiary/aromatic N) is 4. The van der Waals surface area contributed by atoms with E-state index in [2.05, 4.69) is 15.6 Å². The zero-order chi connectivity index (χ0) is 33.6. The lowest BCUT2D eigenvalue weighted by atomic mass is 9.92. The van der Waals surface area contributed by atoms with E-state index in [4.69, 9.17) is 9.73 Å². The molecule has 3 aliphatic rings. The maximum Gasteiger partial charge on any atom is 0.338 e. The molecule has 2 saturated heterocycles. The second kappa shape index (κ2) is 12.5. The van der Waals surface area contributed by atoms with Crippen LogP contribution in [0.3, 0.4) is 0 Å². The molecule has 3 amide bonds. The van der Waals surface area contributed by atoms with Gasteiger partial charge in [0.05, 0.1) is 24.1 Å². The number of ether oxygens (including phenoxy) is 1. The minimum atomic E-state index is -3.53. The number of amides is 3. The first-order valence-electron chi connectivity index (χ1n) is 14.5. The Morgan fingerprint density at radius 2 is 2.02 bits per heavy atom. The van der Waals surface area contributed by atoms with E-state index in [-0.39, 0.29) is 48.9 Å². The van der Waals surface area contributed by atoms with Crippen molar-refractivity contribution in [2.75, 3.05) is 32.8 Å². The highest BCUT2D eigenvalue weighted by Crippen LogP contribution is 2.44. The molecule has 0 radical (unpaired) electrons. The molecular formula is C30H33F3N6O6S. The smallest absolute Gasteiger partial charge is 0.338 e. The molecule has 0 aliphatic carbocycles. The Morgan fingerprint density at radius 3 is 2.67 bits per heavy atom. The Balaban J connectivity index is 1.51. The van der Waals surface area contributed by atoms with Crippen molar-refractivity contribution in [1.29, 1.82) is 0 Å². The Hall–Kier alpha value is -4.31. The molecule has 3 atom stereocenters. The third kappa shape index (κ3) is 6.10. The average molecular weight is 663 g/mol. The van der Waals surface area contributed by atoms with E-state index in [1.165, 1.54) is 42.2 Å². The third-order valence-electron chi connectivity index (χ3n) is 8.35. The highest BCUT2D eigenvalue weighted by Gasteiger charge is 2.63. The van der Waals surface area contributed by atoms with Crippen LogP contribution < -0.4 is 10.6 Å². The van der Waals surface area contributed by atoms with Gasteiger partial charge in [-0.1, -0.05) is 12.1 Å². The van der Waals surface area contributed by atoms with E-state index in [0.29, 0.717) is 15.5 Å². The lowest BCUT2D eigenvalue weighted by Gasteiger charge is -2.31. The van der Waals surface area contributed by atoms with Crippen LogP contribution in [0.25, 0.3) is 0 Å². The number of halogens is 3. The number of carboxylic acids is 1. The van der Waals surface area contributed by atoms with Crippen molar-refractivity contribution in [2.45, 2.75) is 45.7 Å². The maximum absolute atomic E-state index is 15.5. The van der Waals surface area contributed by atoms with Gasteiger partial charge in [0.2, 0.25) is 5.91 Å². The predicted molar refractivity (Wildman–Crippen MR) is 160 cm³/mol. The summed E-state index contributed by atoms with van der Waals surface area (Å²) in [5.74, 6) is -8.73. The number of imide groups is 1. The summed E-state index contributed by atoms with van der Waals surface area (Å²) in [4.78, 5) is 62.0. The van der Waals surface area contributed by atoms with Gasteiger partial charge in [-0.15, -0.1) is 11.3 Å². The van der Waals surface area contributed by atoms with E-state index >= 15 is 8.78 Å². The summed E-state index contributed by atoms with van der Waals surface area (Å²) >= 11 is 1.24. The van der Waals surface area contributed by atoms with Crippen LogP contribution in [-0.2, 0) is 19.1 Å². The van der Waals surface area contributed by atoms with Gasteiger partial charge in [-0.25, -0.2) is 27.7 Å². The van der Waals surface area contributed by atoms with E-state index in [0.717, 1.165) is 0 Å². The van der Waals surface area contributed by atoms with Gasteiger partial charge in [0.15, 0.2) is 10.8 Å². The number of alkyl halides is 2. The molecule has 12 nitrogen and oxygen atoms in total. The number of carbonyl (C=O) groups is 4. The van der Waals surface area contributed by atoms with Crippen molar-refractivity contribution in [3.63, 3.8) is 0 Å². The summed E-state index contributed by atoms with van der Waals surface area (Å²) in [7, 11) is 0. The van der Waals surface area contributed by atoms with Crippen molar-refractivity contribution < 1.29 is 42.2 Å². The molecule has 46 heavy (non-hydrogen) atoms. The molecule has 246 valence electrons. The quantitative estimate of drug-likeness (QED) is 0.344. The second-order valence-corrected chi connectivity index (χ2v) is 12.8. The van der Waals surface area contributed by atoms with Crippen molar-refractivity contribution in [3.05, 3.63) is 63.0 Å². The standard InChI is InChI=1S/C30H33F3N6O6S/c1-5-45-26(41)20-18(36-23(24-34-9-10-46-24)37-22(20)16-7-6-8-17(31)15(16)2)11-38-14-30(32,33)21-19(38)12-39(25(21)40)28(44)35-13-29(3,4)27(42)43/h6-10,19,21-22H,5,11-14H2,1-4H3,(H,35,44)(H,36,37)(H,42,43)/t19?,21?,22-/m0/s1. The Morgan fingerprint density at radius 1 is 1.28 bits per heavy atom. The molecule has 5 rings (SSSR count). The lowest BCUT2D eigenvalue weighted by Crippen LogP contribution is -2.49. The summed E-state index contributed by atoms with van der Waals surface area (Å²) in [5, 5.41) is 16.9. The van der Waals surface area contributed by atoms with Crippen LogP contribution >= 0.6 is 11.3 Å². The van der Waals surface area contributed by atoms with E-state index < -0.39 is 65.6 Å². The molecule has 2 unspecified atom stereocenters. The summed E-state index contributed by atoms with van der Waals surface area (Å²) in [6.45, 7) is 4.03. The van der Waals surface area contributed by atoms with Gasteiger partial charge in [0.1, 0.15) is 17.8 Å². The summed E-state index contributed by atoms with van der Waals surface area (Å²) in [5.41, 5.74) is -0.622. The average Bonchev–Trinajstić information content (AvgIpc) is 3.70. The number of fused-ring (bicyclic) bond motifs is 1. The van der Waals surface area contributed by atoms with Gasteiger partial charge in [0, 0.05) is 43.0 Å². The number of thiazole rings is 1. The summed E-state index contributed by atoms with van der Waals surface area (Å²) in [6, 6.07) is 1.18. The molecular weight excluding hydrogens is 629 g/mol. The zero-order valence-electron chi connectivity index (χ0n) is 25.5. The van der Waals surface area contributed by atoms with Crippen LogP contribution in [0.1, 0.15) is 42.9 Å². The maximum atomic E-state index is 15.5. The van der Waals surface area contributed by atoms with Crippen LogP contribution in [0.5, 0.6) is 0 Å². The van der Waals surface area contributed by atoms with E-state index in [9.17, 15) is 28.7 Å². The number of aliphatic imine (C=N–C) groups is 1. The van der Waals surface area contributed by atoms with Crippen LogP contribution in [0.4, 0.5) is 18.0 Å². The summed E-state index contributed by atoms with van der Waals surface area (Å²) in [6.07, 6.45) is 1.55. The monoisotopic (exact) mass is 662 g/mol. The minimum absolute atomic E-state index is 0.00272. The first-order valence-corrected chi connectivity index (χ1v) is 15.4. The fourth-order valence-corrected chi connectivity index (χ4v) is 6.37. The molecule has 0 bridgehead atoms. The molecule has 1 aromatic carbocycles. The fraction of sp³-hybridized carbons (Fsp3) is 0.467. The van der Waals surface area contributed by atoms with Gasteiger partial charge in [-0.05, 0) is 44.9 Å². The number of carbonyl (C=O) groups excluding carboxylic acids is 3. The molecule has 4 heterocycles. The Labute approximate surface area is 266 Å². The minimum Gasteiger partial charge on any atom is -0.481 e. The largest absolute Gasteiger partial charge is 0.481 e. The molecule has 3 aliphatic heterocycles. The SMILES string of the molecule is CCOC(=O)C1=C(CN2CC(F)(F)C3C(=O)N(C(=O)NCC(C)(C)C(=O)O)CC32)NC(c2nccs2)=N[C@H]1c1cccc(F)c1C. The molecule has 16 heteroatoms. The number of urea groups is 1. The number of aliphatic carboxylic acids is 1. The van der Waals surface area contributed by atoms with Gasteiger partial charge >= 0.3 is 18.0 Å². The number of carboxylic acid groups (broad SMARTS) is 1. The van der Waals surface area contributed by atoms with Crippen molar-refractivity contribution in [1.82, 2.24) is 25.4 Å². The summed E-state index contributed by atoms with van der Waals surface area (Å²) < 4.78 is 51.1. The van der Waals surface area contributed by atoms with E-state index in [1.54, 1.807) is 31.5 Å². The number of benzene rings is 1. The normalized spacial score (nSPS) is 22.8. The molecule has 0 saturated carbocycles. The number of rotatable bonds is 9. The van der Waals surface area contributed by atoms with Crippen molar-refractivity contribution in [2.24, 2.45) is 16.3 Å². The van der Waals surface area contributed by atoms with Crippen molar-refractivity contribution in [3.8, 4) is 0 Å². The molecule has 2 aromatic rings. The number of amidine groups is 1. The molecule has 0 spiro atoms. The Bertz CT molecular complexity index is 1630. The highest BCUT2D eigenvalue weighted by atomic mass is 32.1. The molecule has 3 N–H and O–H groups in total. The molecule has 1 aromatic heterocycles. The highest BCUT2D eigenvalue weighted by molar-refractivity contribution is 7.11. The third-order valence-corrected chi connectivity index (χ3v) is 9.13. The first kappa shape index (κ1) is 33.1.